The SMILES string of the molecule is COC(OC)[C@H]1COCC[C@@]1(NC(=S)NC(=O)c1ccccc1)c1ccccc1F. The smallest absolute Gasteiger partial charge is 0.257 e. The van der Waals surface area contributed by atoms with Crippen molar-refractivity contribution in [3.63, 3.8) is 0 Å². The predicted molar refractivity (Wildman–Crippen MR) is 114 cm³/mol. The van der Waals surface area contributed by atoms with Crippen molar-refractivity contribution in [3.05, 3.63) is 71.5 Å². The summed E-state index contributed by atoms with van der Waals surface area (Å²) in [5.74, 6) is -1.17. The number of thiocarbonyl (C=S) groups is 1. The van der Waals surface area contributed by atoms with E-state index in [1.807, 2.05) is 6.07 Å². The van der Waals surface area contributed by atoms with Crippen molar-refractivity contribution >= 4 is 23.2 Å². The van der Waals surface area contributed by atoms with E-state index in [2.05, 4.69) is 10.6 Å². The fourth-order valence-corrected chi connectivity index (χ4v) is 4.16. The standard InChI is InChI=1S/C22H25FN2O4S/c1-27-20(28-2)17-14-29-13-12-22(17,16-10-6-7-11-18(16)23)25-21(30)24-19(26)15-8-4-3-5-9-15/h3-11,17,20H,12-14H2,1-2H3,(H2,24,25,26,30)/t17-,22-/m1/s1. The van der Waals surface area contributed by atoms with Gasteiger partial charge in [-0.3, -0.25) is 10.1 Å². The van der Waals surface area contributed by atoms with Crippen LogP contribution in [0.2, 0.25) is 0 Å². The van der Waals surface area contributed by atoms with Crippen LogP contribution >= 0.6 is 12.2 Å². The zero-order valence-electron chi connectivity index (χ0n) is 16.9. The molecule has 1 heterocycles. The molecular formula is C22H25FN2O4S. The van der Waals surface area contributed by atoms with Crippen molar-refractivity contribution in [1.82, 2.24) is 10.6 Å². The number of halogens is 1. The molecule has 1 amide bonds. The van der Waals surface area contributed by atoms with Gasteiger partial charge in [-0.25, -0.2) is 4.39 Å². The molecule has 0 aliphatic carbocycles. The number of carbonyl (C=O) groups excluding carboxylic acids is 1. The first-order valence-electron chi connectivity index (χ1n) is 9.58. The minimum absolute atomic E-state index is 0.0879. The Labute approximate surface area is 180 Å². The molecule has 2 aromatic rings. The van der Waals surface area contributed by atoms with E-state index in [0.717, 1.165) is 0 Å². The summed E-state index contributed by atoms with van der Waals surface area (Å²) in [6.07, 6.45) is -0.270. The highest BCUT2D eigenvalue weighted by Gasteiger charge is 2.49. The van der Waals surface area contributed by atoms with Gasteiger partial charge in [0.1, 0.15) is 5.82 Å². The van der Waals surface area contributed by atoms with E-state index in [0.29, 0.717) is 24.2 Å². The second-order valence-corrected chi connectivity index (χ2v) is 7.40. The van der Waals surface area contributed by atoms with E-state index in [9.17, 15) is 9.18 Å². The average molecular weight is 433 g/mol. The normalized spacial score (nSPS) is 21.3. The highest BCUT2D eigenvalue weighted by molar-refractivity contribution is 7.80. The third-order valence-electron chi connectivity index (χ3n) is 5.32. The van der Waals surface area contributed by atoms with Gasteiger partial charge in [-0.15, -0.1) is 0 Å². The quantitative estimate of drug-likeness (QED) is 0.540. The Morgan fingerprint density at radius 1 is 1.17 bits per heavy atom. The van der Waals surface area contributed by atoms with Crippen LogP contribution in [0.15, 0.2) is 54.6 Å². The van der Waals surface area contributed by atoms with Gasteiger partial charge in [-0.05, 0) is 36.8 Å². The van der Waals surface area contributed by atoms with E-state index in [1.165, 1.54) is 20.3 Å². The number of hydrogen-bond donors (Lipinski definition) is 2. The highest BCUT2D eigenvalue weighted by atomic mass is 32.1. The molecule has 8 heteroatoms. The number of benzene rings is 2. The third-order valence-corrected chi connectivity index (χ3v) is 5.52. The van der Waals surface area contributed by atoms with E-state index in [-0.39, 0.29) is 23.4 Å². The number of amides is 1. The third kappa shape index (κ3) is 4.67. The van der Waals surface area contributed by atoms with Crippen molar-refractivity contribution < 1.29 is 23.4 Å². The van der Waals surface area contributed by atoms with Crippen molar-refractivity contribution in [3.8, 4) is 0 Å². The summed E-state index contributed by atoms with van der Waals surface area (Å²) < 4.78 is 31.6. The molecule has 160 valence electrons. The molecule has 2 atom stereocenters. The van der Waals surface area contributed by atoms with Crippen LogP contribution in [-0.4, -0.2) is 44.7 Å². The molecule has 1 saturated heterocycles. The monoisotopic (exact) mass is 432 g/mol. The van der Waals surface area contributed by atoms with Gasteiger partial charge in [0.15, 0.2) is 11.4 Å². The summed E-state index contributed by atoms with van der Waals surface area (Å²) >= 11 is 5.45. The fourth-order valence-electron chi connectivity index (χ4n) is 3.89. The minimum atomic E-state index is -0.999. The summed E-state index contributed by atoms with van der Waals surface area (Å²) in [7, 11) is 3.04. The van der Waals surface area contributed by atoms with Crippen molar-refractivity contribution in [2.75, 3.05) is 27.4 Å². The summed E-state index contributed by atoms with van der Waals surface area (Å²) in [4.78, 5) is 12.5. The number of hydrogen-bond acceptors (Lipinski definition) is 5. The lowest BCUT2D eigenvalue weighted by Gasteiger charge is -2.47. The van der Waals surface area contributed by atoms with E-state index in [4.69, 9.17) is 26.4 Å². The van der Waals surface area contributed by atoms with Gasteiger partial charge in [0, 0.05) is 32.0 Å². The topological polar surface area (TPSA) is 68.8 Å². The Morgan fingerprint density at radius 3 is 2.50 bits per heavy atom. The molecule has 1 fully saturated rings. The molecular weight excluding hydrogens is 407 g/mol. The zero-order valence-corrected chi connectivity index (χ0v) is 17.7. The van der Waals surface area contributed by atoms with Gasteiger partial charge in [0.05, 0.1) is 18.1 Å². The van der Waals surface area contributed by atoms with Crippen LogP contribution in [-0.2, 0) is 19.7 Å². The average Bonchev–Trinajstić information content (AvgIpc) is 2.76. The maximum Gasteiger partial charge on any atom is 0.257 e. The summed E-state index contributed by atoms with van der Waals surface area (Å²) in [5.41, 5.74) is -0.119. The molecule has 0 unspecified atom stereocenters. The van der Waals surface area contributed by atoms with E-state index < -0.39 is 17.7 Å². The molecule has 0 aromatic heterocycles. The first kappa shape index (κ1) is 22.3. The summed E-state index contributed by atoms with van der Waals surface area (Å²) in [6, 6.07) is 15.2. The first-order chi connectivity index (χ1) is 14.5. The number of carbonyl (C=O) groups is 1. The number of ether oxygens (including phenoxy) is 3. The first-order valence-corrected chi connectivity index (χ1v) is 9.99. The number of nitrogens with one attached hydrogen (secondary N) is 2. The van der Waals surface area contributed by atoms with Gasteiger partial charge in [-0.2, -0.15) is 0 Å². The minimum Gasteiger partial charge on any atom is -0.381 e. The zero-order chi connectivity index (χ0) is 21.6. The van der Waals surface area contributed by atoms with Gasteiger partial charge in [-0.1, -0.05) is 36.4 Å². The molecule has 1 aliphatic rings. The molecule has 0 radical (unpaired) electrons. The molecule has 0 spiro atoms. The van der Waals surface area contributed by atoms with E-state index in [1.54, 1.807) is 42.5 Å². The maximum absolute atomic E-state index is 14.9. The molecule has 6 nitrogen and oxygen atoms in total. The Balaban J connectivity index is 1.94. The lowest BCUT2D eigenvalue weighted by molar-refractivity contribution is -0.187. The second kappa shape index (κ2) is 10.1. The lowest BCUT2D eigenvalue weighted by Crippen LogP contribution is -2.61. The molecule has 2 N–H and O–H groups in total. The largest absolute Gasteiger partial charge is 0.381 e. The van der Waals surface area contributed by atoms with E-state index >= 15 is 0 Å². The van der Waals surface area contributed by atoms with Gasteiger partial charge >= 0.3 is 0 Å². The Hall–Kier alpha value is -2.39. The summed E-state index contributed by atoms with van der Waals surface area (Å²) in [5, 5.41) is 5.99. The molecule has 3 rings (SSSR count). The maximum atomic E-state index is 14.9. The van der Waals surface area contributed by atoms with Crippen LogP contribution in [0.5, 0.6) is 0 Å². The number of methoxy groups -OCH3 is 2. The molecule has 0 saturated carbocycles. The molecule has 0 bridgehead atoms. The number of rotatable bonds is 6. The predicted octanol–water partition coefficient (Wildman–Crippen LogP) is 2.98. The second-order valence-electron chi connectivity index (χ2n) is 7.00. The lowest BCUT2D eigenvalue weighted by atomic mass is 9.74. The van der Waals surface area contributed by atoms with Crippen molar-refractivity contribution in [2.45, 2.75) is 18.2 Å². The van der Waals surface area contributed by atoms with Crippen LogP contribution in [0.25, 0.3) is 0 Å². The van der Waals surface area contributed by atoms with Crippen LogP contribution in [0.1, 0.15) is 22.3 Å². The van der Waals surface area contributed by atoms with Gasteiger partial charge in [0.2, 0.25) is 0 Å². The van der Waals surface area contributed by atoms with Crippen LogP contribution in [0, 0.1) is 11.7 Å². The van der Waals surface area contributed by atoms with Gasteiger partial charge < -0.3 is 19.5 Å². The Bertz CT molecular complexity index is 878. The van der Waals surface area contributed by atoms with Crippen LogP contribution in [0.3, 0.4) is 0 Å². The van der Waals surface area contributed by atoms with Crippen molar-refractivity contribution in [1.29, 1.82) is 0 Å². The summed E-state index contributed by atoms with van der Waals surface area (Å²) in [6.45, 7) is 0.649. The fraction of sp³-hybridized carbons (Fsp3) is 0.364. The van der Waals surface area contributed by atoms with Crippen LogP contribution in [0.4, 0.5) is 4.39 Å². The Kier molecular flexibility index (Phi) is 7.49. The van der Waals surface area contributed by atoms with Crippen molar-refractivity contribution in [2.24, 2.45) is 5.92 Å². The van der Waals surface area contributed by atoms with Gasteiger partial charge in [0.25, 0.3) is 5.91 Å². The Morgan fingerprint density at radius 2 is 1.83 bits per heavy atom. The molecule has 1 aliphatic heterocycles. The van der Waals surface area contributed by atoms with Crippen LogP contribution < -0.4 is 10.6 Å². The highest BCUT2D eigenvalue weighted by Crippen LogP contribution is 2.40. The molecule has 30 heavy (non-hydrogen) atoms. The molecule has 2 aromatic carbocycles.